The number of rotatable bonds is 4. The fraction of sp³-hybridized carbons (Fsp3) is 0.0769. The minimum Gasteiger partial charge on any atom is -0.480 e. The molecule has 0 bridgehead atoms. The van der Waals surface area contributed by atoms with Gasteiger partial charge in [0.15, 0.2) is 5.82 Å². The predicted molar refractivity (Wildman–Crippen MR) is 63.8 cm³/mol. The highest BCUT2D eigenvalue weighted by Gasteiger charge is 2.19. The number of nitrogens with zero attached hydrogens (tertiary/aromatic N) is 1. The summed E-state index contributed by atoms with van der Waals surface area (Å²) in [6, 6.07) is 12.7. The van der Waals surface area contributed by atoms with Crippen LogP contribution in [0.25, 0.3) is 0 Å². The SMILES string of the molecule is O=[N+]([O-])c1cccc(F)c1OCc1ccccc1. The summed E-state index contributed by atoms with van der Waals surface area (Å²) in [5.41, 5.74) is 0.445. The fourth-order valence-corrected chi connectivity index (χ4v) is 1.51. The summed E-state index contributed by atoms with van der Waals surface area (Å²) in [5.74, 6) is -1.06. The van der Waals surface area contributed by atoms with Crippen LogP contribution in [0.2, 0.25) is 0 Å². The summed E-state index contributed by atoms with van der Waals surface area (Å²) in [4.78, 5) is 10.1. The Hall–Kier alpha value is -2.43. The van der Waals surface area contributed by atoms with E-state index in [1.54, 1.807) is 12.1 Å². The minimum absolute atomic E-state index is 0.0859. The summed E-state index contributed by atoms with van der Waals surface area (Å²) in [7, 11) is 0. The molecule has 0 spiro atoms. The van der Waals surface area contributed by atoms with E-state index in [0.29, 0.717) is 0 Å². The molecule has 0 fully saturated rings. The highest BCUT2D eigenvalue weighted by Crippen LogP contribution is 2.30. The molecule has 2 aromatic rings. The summed E-state index contributed by atoms with van der Waals surface area (Å²) >= 11 is 0. The van der Waals surface area contributed by atoms with Crippen molar-refractivity contribution in [1.29, 1.82) is 0 Å². The zero-order valence-corrected chi connectivity index (χ0v) is 9.38. The first kappa shape index (κ1) is 12.0. The molecular weight excluding hydrogens is 237 g/mol. The molecule has 0 radical (unpaired) electrons. The third-order valence-electron chi connectivity index (χ3n) is 2.37. The van der Waals surface area contributed by atoms with Gasteiger partial charge in [-0.1, -0.05) is 36.4 Å². The standard InChI is InChI=1S/C13H10FNO3/c14-11-7-4-8-12(15(16)17)13(11)18-9-10-5-2-1-3-6-10/h1-8H,9H2. The van der Waals surface area contributed by atoms with Gasteiger partial charge in [-0.15, -0.1) is 0 Å². The first-order valence-electron chi connectivity index (χ1n) is 5.28. The van der Waals surface area contributed by atoms with Crippen molar-refractivity contribution < 1.29 is 14.1 Å². The van der Waals surface area contributed by atoms with Gasteiger partial charge in [0.1, 0.15) is 6.61 Å². The van der Waals surface area contributed by atoms with E-state index in [-0.39, 0.29) is 18.0 Å². The van der Waals surface area contributed by atoms with Gasteiger partial charge in [-0.3, -0.25) is 10.1 Å². The molecule has 0 amide bonds. The Balaban J connectivity index is 2.21. The molecule has 5 heteroatoms. The van der Waals surface area contributed by atoms with Crippen molar-refractivity contribution in [2.45, 2.75) is 6.61 Å². The van der Waals surface area contributed by atoms with Crippen LogP contribution in [0, 0.1) is 15.9 Å². The maximum Gasteiger partial charge on any atom is 0.314 e. The maximum atomic E-state index is 13.5. The summed E-state index contributed by atoms with van der Waals surface area (Å²) in [6.45, 7) is 0.0859. The van der Waals surface area contributed by atoms with Crippen LogP contribution in [-0.4, -0.2) is 4.92 Å². The van der Waals surface area contributed by atoms with Crippen LogP contribution in [0.3, 0.4) is 0 Å². The molecule has 0 aliphatic heterocycles. The first-order chi connectivity index (χ1) is 8.68. The van der Waals surface area contributed by atoms with Crippen molar-refractivity contribution in [2.75, 3.05) is 0 Å². The normalized spacial score (nSPS) is 10.1. The molecule has 2 aromatic carbocycles. The summed E-state index contributed by atoms with van der Waals surface area (Å²) in [5, 5.41) is 10.7. The Morgan fingerprint density at radius 3 is 2.50 bits per heavy atom. The Morgan fingerprint density at radius 1 is 1.11 bits per heavy atom. The van der Waals surface area contributed by atoms with Gasteiger partial charge in [-0.05, 0) is 11.6 Å². The number of para-hydroxylation sites is 1. The van der Waals surface area contributed by atoms with Gasteiger partial charge in [0.25, 0.3) is 0 Å². The largest absolute Gasteiger partial charge is 0.480 e. The number of halogens is 1. The highest BCUT2D eigenvalue weighted by atomic mass is 19.1. The van der Waals surface area contributed by atoms with Gasteiger partial charge in [0.2, 0.25) is 5.75 Å². The van der Waals surface area contributed by atoms with Crippen molar-refractivity contribution in [3.8, 4) is 5.75 Å². The van der Waals surface area contributed by atoms with Crippen LogP contribution in [-0.2, 0) is 6.61 Å². The Labute approximate surface area is 103 Å². The van der Waals surface area contributed by atoms with Gasteiger partial charge < -0.3 is 4.74 Å². The second-order valence-corrected chi connectivity index (χ2v) is 3.62. The lowest BCUT2D eigenvalue weighted by molar-refractivity contribution is -0.386. The maximum absolute atomic E-state index is 13.5. The summed E-state index contributed by atoms with van der Waals surface area (Å²) in [6.07, 6.45) is 0. The van der Waals surface area contributed by atoms with Gasteiger partial charge in [0.05, 0.1) is 4.92 Å². The molecule has 0 N–H and O–H groups in total. The molecule has 0 atom stereocenters. The van der Waals surface area contributed by atoms with Crippen LogP contribution >= 0.6 is 0 Å². The highest BCUT2D eigenvalue weighted by molar-refractivity contribution is 5.47. The predicted octanol–water partition coefficient (Wildman–Crippen LogP) is 3.31. The smallest absolute Gasteiger partial charge is 0.314 e. The van der Waals surface area contributed by atoms with Crippen molar-refractivity contribution in [3.63, 3.8) is 0 Å². The Morgan fingerprint density at radius 2 is 1.83 bits per heavy atom. The van der Waals surface area contributed by atoms with E-state index in [4.69, 9.17) is 4.74 Å². The second kappa shape index (κ2) is 5.27. The number of hydrogen-bond acceptors (Lipinski definition) is 3. The third-order valence-corrected chi connectivity index (χ3v) is 2.37. The molecule has 2 rings (SSSR count). The van der Waals surface area contributed by atoms with Crippen LogP contribution in [0.1, 0.15) is 5.56 Å². The Kier molecular flexibility index (Phi) is 3.52. The topological polar surface area (TPSA) is 52.4 Å². The Bertz CT molecular complexity index is 557. The molecule has 0 unspecified atom stereocenters. The quantitative estimate of drug-likeness (QED) is 0.615. The van der Waals surface area contributed by atoms with Crippen molar-refractivity contribution in [2.24, 2.45) is 0 Å². The van der Waals surface area contributed by atoms with Crippen molar-refractivity contribution >= 4 is 5.69 Å². The molecule has 0 heterocycles. The molecular formula is C13H10FNO3. The lowest BCUT2D eigenvalue weighted by Gasteiger charge is -2.07. The zero-order chi connectivity index (χ0) is 13.0. The average molecular weight is 247 g/mol. The lowest BCUT2D eigenvalue weighted by atomic mass is 10.2. The minimum atomic E-state index is -0.736. The van der Waals surface area contributed by atoms with E-state index < -0.39 is 10.7 Å². The van der Waals surface area contributed by atoms with Gasteiger partial charge in [0, 0.05) is 6.07 Å². The van der Waals surface area contributed by atoms with E-state index in [1.807, 2.05) is 18.2 Å². The lowest BCUT2D eigenvalue weighted by Crippen LogP contribution is -2.01. The van der Waals surface area contributed by atoms with Crippen LogP contribution in [0.4, 0.5) is 10.1 Å². The molecule has 0 saturated heterocycles. The van der Waals surface area contributed by atoms with E-state index in [9.17, 15) is 14.5 Å². The molecule has 18 heavy (non-hydrogen) atoms. The molecule has 0 aliphatic carbocycles. The number of nitro benzene ring substituents is 1. The molecule has 92 valence electrons. The monoisotopic (exact) mass is 247 g/mol. The number of nitro groups is 1. The number of hydrogen-bond donors (Lipinski definition) is 0. The van der Waals surface area contributed by atoms with Gasteiger partial charge >= 0.3 is 5.69 Å². The molecule has 0 aliphatic rings. The number of ether oxygens (including phenoxy) is 1. The first-order valence-corrected chi connectivity index (χ1v) is 5.28. The second-order valence-electron chi connectivity index (χ2n) is 3.62. The molecule has 0 aromatic heterocycles. The molecule has 0 saturated carbocycles. The average Bonchev–Trinajstić information content (AvgIpc) is 2.38. The van der Waals surface area contributed by atoms with E-state index in [0.717, 1.165) is 11.6 Å². The van der Waals surface area contributed by atoms with Crippen LogP contribution < -0.4 is 4.74 Å². The third kappa shape index (κ3) is 2.63. The van der Waals surface area contributed by atoms with Crippen LogP contribution in [0.5, 0.6) is 5.75 Å². The fourth-order valence-electron chi connectivity index (χ4n) is 1.51. The van der Waals surface area contributed by atoms with E-state index in [2.05, 4.69) is 0 Å². The van der Waals surface area contributed by atoms with E-state index >= 15 is 0 Å². The van der Waals surface area contributed by atoms with Gasteiger partial charge in [-0.25, -0.2) is 4.39 Å². The van der Waals surface area contributed by atoms with Gasteiger partial charge in [-0.2, -0.15) is 0 Å². The van der Waals surface area contributed by atoms with E-state index in [1.165, 1.54) is 12.1 Å². The van der Waals surface area contributed by atoms with Crippen LogP contribution in [0.15, 0.2) is 48.5 Å². The summed E-state index contributed by atoms with van der Waals surface area (Å²) < 4.78 is 18.7. The zero-order valence-electron chi connectivity index (χ0n) is 9.38. The van der Waals surface area contributed by atoms with Crippen molar-refractivity contribution in [1.82, 2.24) is 0 Å². The number of benzene rings is 2. The van der Waals surface area contributed by atoms with Crippen molar-refractivity contribution in [3.05, 3.63) is 70.0 Å². The molecule has 4 nitrogen and oxygen atoms in total.